The van der Waals surface area contributed by atoms with E-state index in [2.05, 4.69) is 34.2 Å². The highest BCUT2D eigenvalue weighted by Crippen LogP contribution is 2.08. The van der Waals surface area contributed by atoms with Crippen LogP contribution in [-0.4, -0.2) is 24.4 Å². The lowest BCUT2D eigenvalue weighted by Gasteiger charge is -2.15. The third-order valence-corrected chi connectivity index (χ3v) is 2.87. The zero-order valence-electron chi connectivity index (χ0n) is 8.90. The Kier molecular flexibility index (Phi) is 5.31. The van der Waals surface area contributed by atoms with Crippen molar-refractivity contribution in [3.8, 4) is 0 Å². The van der Waals surface area contributed by atoms with Crippen molar-refractivity contribution in [3.63, 3.8) is 0 Å². The molecule has 5 heteroatoms. The number of amides is 1. The van der Waals surface area contributed by atoms with Crippen LogP contribution in [0.2, 0.25) is 0 Å². The number of thiophene rings is 1. The van der Waals surface area contributed by atoms with Gasteiger partial charge in [-0.1, -0.05) is 0 Å². The van der Waals surface area contributed by atoms with Crippen LogP contribution in [0.5, 0.6) is 0 Å². The van der Waals surface area contributed by atoms with E-state index in [0.29, 0.717) is 6.42 Å². The number of nitrogens with zero attached hydrogens (tertiary/aromatic N) is 1. The molecule has 0 aliphatic heterocycles. The number of hydrazine groups is 1. The highest BCUT2D eigenvalue weighted by atomic mass is 32.1. The molecule has 0 spiro atoms. The van der Waals surface area contributed by atoms with Crippen LogP contribution in [0, 0.1) is 0 Å². The van der Waals surface area contributed by atoms with Gasteiger partial charge in [-0.05, 0) is 42.4 Å². The van der Waals surface area contributed by atoms with E-state index in [-0.39, 0.29) is 5.91 Å². The molecular formula is C10H17N3OS. The van der Waals surface area contributed by atoms with Crippen LogP contribution in [0.15, 0.2) is 16.8 Å². The van der Waals surface area contributed by atoms with E-state index in [4.69, 9.17) is 5.84 Å². The SMILES string of the molecule is CN(CCCC(=O)NN)Cc1ccsc1. The van der Waals surface area contributed by atoms with Crippen molar-refractivity contribution in [2.45, 2.75) is 19.4 Å². The number of hydrogen-bond acceptors (Lipinski definition) is 4. The minimum Gasteiger partial charge on any atom is -0.302 e. The number of nitrogens with one attached hydrogen (secondary N) is 1. The van der Waals surface area contributed by atoms with Crippen molar-refractivity contribution >= 4 is 17.2 Å². The summed E-state index contributed by atoms with van der Waals surface area (Å²) in [6.45, 7) is 1.84. The first-order chi connectivity index (χ1) is 7.22. The Labute approximate surface area is 94.0 Å². The molecule has 0 saturated carbocycles. The first-order valence-corrected chi connectivity index (χ1v) is 5.85. The fourth-order valence-corrected chi connectivity index (χ4v) is 2.01. The topological polar surface area (TPSA) is 58.4 Å². The Hall–Kier alpha value is -0.910. The number of nitrogens with two attached hydrogens (primary N) is 1. The normalized spacial score (nSPS) is 10.6. The monoisotopic (exact) mass is 227 g/mol. The van der Waals surface area contributed by atoms with Crippen LogP contribution >= 0.6 is 11.3 Å². The lowest BCUT2D eigenvalue weighted by molar-refractivity contribution is -0.121. The second-order valence-corrected chi connectivity index (χ2v) is 4.32. The second-order valence-electron chi connectivity index (χ2n) is 3.54. The molecule has 1 aromatic rings. The quantitative estimate of drug-likeness (QED) is 0.432. The summed E-state index contributed by atoms with van der Waals surface area (Å²) in [7, 11) is 2.05. The number of hydrogen-bond donors (Lipinski definition) is 2. The Balaban J connectivity index is 2.14. The second kappa shape index (κ2) is 6.55. The minimum absolute atomic E-state index is 0.0982. The van der Waals surface area contributed by atoms with Gasteiger partial charge >= 0.3 is 0 Å². The molecule has 0 fully saturated rings. The van der Waals surface area contributed by atoms with E-state index in [0.717, 1.165) is 19.5 Å². The lowest BCUT2D eigenvalue weighted by Crippen LogP contribution is -2.30. The first kappa shape index (κ1) is 12.2. The lowest BCUT2D eigenvalue weighted by atomic mass is 10.2. The van der Waals surface area contributed by atoms with Gasteiger partial charge in [0, 0.05) is 13.0 Å². The summed E-state index contributed by atoms with van der Waals surface area (Å²) in [6, 6.07) is 2.12. The van der Waals surface area contributed by atoms with Crippen molar-refractivity contribution in [2.24, 2.45) is 5.84 Å². The smallest absolute Gasteiger partial charge is 0.233 e. The maximum Gasteiger partial charge on any atom is 0.233 e. The minimum atomic E-state index is -0.0982. The predicted molar refractivity (Wildman–Crippen MR) is 62.2 cm³/mol. The molecule has 0 aromatic carbocycles. The Morgan fingerprint density at radius 2 is 2.47 bits per heavy atom. The summed E-state index contributed by atoms with van der Waals surface area (Å²) < 4.78 is 0. The fraction of sp³-hybridized carbons (Fsp3) is 0.500. The highest BCUT2D eigenvalue weighted by Gasteiger charge is 2.02. The molecule has 0 aliphatic carbocycles. The van der Waals surface area contributed by atoms with E-state index in [1.807, 2.05) is 0 Å². The van der Waals surface area contributed by atoms with Crippen molar-refractivity contribution in [1.29, 1.82) is 0 Å². The summed E-state index contributed by atoms with van der Waals surface area (Å²) in [5, 5.41) is 4.22. The molecule has 1 rings (SSSR count). The molecule has 1 heterocycles. The molecule has 84 valence electrons. The third-order valence-electron chi connectivity index (χ3n) is 2.14. The zero-order chi connectivity index (χ0) is 11.1. The third kappa shape index (κ3) is 4.92. The molecule has 0 unspecified atom stereocenters. The summed E-state index contributed by atoms with van der Waals surface area (Å²) in [5.74, 6) is 4.89. The number of carbonyl (C=O) groups excluding carboxylic acids is 1. The maximum absolute atomic E-state index is 10.9. The predicted octanol–water partition coefficient (Wildman–Crippen LogP) is 0.950. The van der Waals surface area contributed by atoms with Crippen LogP contribution in [-0.2, 0) is 11.3 Å². The molecule has 0 aliphatic rings. The number of rotatable bonds is 6. The largest absolute Gasteiger partial charge is 0.302 e. The molecule has 0 atom stereocenters. The Morgan fingerprint density at radius 3 is 3.07 bits per heavy atom. The molecule has 1 aromatic heterocycles. The zero-order valence-corrected chi connectivity index (χ0v) is 9.72. The molecule has 4 nitrogen and oxygen atoms in total. The summed E-state index contributed by atoms with van der Waals surface area (Å²) in [6.07, 6.45) is 1.33. The molecule has 1 amide bonds. The van der Waals surface area contributed by atoms with E-state index < -0.39 is 0 Å². The molecular weight excluding hydrogens is 210 g/mol. The summed E-state index contributed by atoms with van der Waals surface area (Å²) >= 11 is 1.71. The van der Waals surface area contributed by atoms with Gasteiger partial charge in [0.2, 0.25) is 5.91 Å². The van der Waals surface area contributed by atoms with Crippen LogP contribution in [0.4, 0.5) is 0 Å². The van der Waals surface area contributed by atoms with E-state index >= 15 is 0 Å². The number of carbonyl (C=O) groups is 1. The highest BCUT2D eigenvalue weighted by molar-refractivity contribution is 7.07. The van der Waals surface area contributed by atoms with E-state index in [9.17, 15) is 4.79 Å². The van der Waals surface area contributed by atoms with Crippen LogP contribution in [0.1, 0.15) is 18.4 Å². The molecule has 0 bridgehead atoms. The molecule has 3 N–H and O–H groups in total. The standard InChI is InChI=1S/C10H17N3OS/c1-13(5-2-3-10(14)12-11)7-9-4-6-15-8-9/h4,6,8H,2-3,5,7,11H2,1H3,(H,12,14). The van der Waals surface area contributed by atoms with Crippen molar-refractivity contribution in [3.05, 3.63) is 22.4 Å². The summed E-state index contributed by atoms with van der Waals surface area (Å²) in [5.41, 5.74) is 3.45. The van der Waals surface area contributed by atoms with Crippen molar-refractivity contribution < 1.29 is 4.79 Å². The van der Waals surface area contributed by atoms with E-state index in [1.54, 1.807) is 11.3 Å². The maximum atomic E-state index is 10.9. The average molecular weight is 227 g/mol. The van der Waals surface area contributed by atoms with Gasteiger partial charge in [0.25, 0.3) is 0 Å². The van der Waals surface area contributed by atoms with Crippen LogP contribution < -0.4 is 11.3 Å². The van der Waals surface area contributed by atoms with Gasteiger partial charge in [0.15, 0.2) is 0 Å². The van der Waals surface area contributed by atoms with Gasteiger partial charge < -0.3 is 4.90 Å². The molecule has 0 saturated heterocycles. The van der Waals surface area contributed by atoms with Crippen LogP contribution in [0.25, 0.3) is 0 Å². The van der Waals surface area contributed by atoms with Gasteiger partial charge in [-0.25, -0.2) is 5.84 Å². The van der Waals surface area contributed by atoms with Gasteiger partial charge in [-0.3, -0.25) is 10.2 Å². The Morgan fingerprint density at radius 1 is 1.67 bits per heavy atom. The average Bonchev–Trinajstić information content (AvgIpc) is 2.70. The van der Waals surface area contributed by atoms with Gasteiger partial charge in [0.1, 0.15) is 0 Å². The van der Waals surface area contributed by atoms with E-state index in [1.165, 1.54) is 5.56 Å². The van der Waals surface area contributed by atoms with Crippen LogP contribution in [0.3, 0.4) is 0 Å². The molecule has 0 radical (unpaired) electrons. The summed E-state index contributed by atoms with van der Waals surface area (Å²) in [4.78, 5) is 13.1. The first-order valence-electron chi connectivity index (χ1n) is 4.91. The van der Waals surface area contributed by atoms with Gasteiger partial charge in [-0.15, -0.1) is 0 Å². The van der Waals surface area contributed by atoms with Gasteiger partial charge in [-0.2, -0.15) is 11.3 Å². The van der Waals surface area contributed by atoms with Crippen molar-refractivity contribution in [1.82, 2.24) is 10.3 Å². The van der Waals surface area contributed by atoms with Crippen molar-refractivity contribution in [2.75, 3.05) is 13.6 Å². The Bertz CT molecular complexity index is 287. The molecule has 15 heavy (non-hydrogen) atoms. The van der Waals surface area contributed by atoms with Gasteiger partial charge in [0.05, 0.1) is 0 Å². The fourth-order valence-electron chi connectivity index (χ4n) is 1.36.